The molecule has 0 aliphatic carbocycles. The molecular formula is C21H25N5O. The molecule has 0 aliphatic rings. The summed E-state index contributed by atoms with van der Waals surface area (Å²) in [4.78, 5) is 30.1. The Balaban J connectivity index is 1.75. The molecule has 0 saturated heterocycles. The van der Waals surface area contributed by atoms with Crippen molar-refractivity contribution in [3.05, 3.63) is 76.2 Å². The first kappa shape index (κ1) is 18.9. The minimum absolute atomic E-state index is 0.101. The number of nitrogens with one attached hydrogen (secondary N) is 1. The second-order valence-electron chi connectivity index (χ2n) is 6.76. The summed E-state index contributed by atoms with van der Waals surface area (Å²) in [7, 11) is 2.05. The Bertz CT molecular complexity index is 923. The maximum atomic E-state index is 12.0. The van der Waals surface area contributed by atoms with Crippen LogP contribution in [0.2, 0.25) is 0 Å². The van der Waals surface area contributed by atoms with E-state index in [1.807, 2.05) is 19.2 Å². The smallest absolute Gasteiger partial charge is 0.251 e. The first-order valence-electron chi connectivity index (χ1n) is 9.27. The number of aromatic nitrogens is 4. The van der Waals surface area contributed by atoms with Gasteiger partial charge in [-0.05, 0) is 31.5 Å². The zero-order valence-electron chi connectivity index (χ0n) is 15.9. The van der Waals surface area contributed by atoms with Gasteiger partial charge in [0.25, 0.3) is 5.56 Å². The van der Waals surface area contributed by atoms with Crippen molar-refractivity contribution >= 4 is 0 Å². The van der Waals surface area contributed by atoms with Crippen LogP contribution in [0, 0.1) is 0 Å². The van der Waals surface area contributed by atoms with Gasteiger partial charge in [0.05, 0.1) is 5.69 Å². The molecule has 0 spiro atoms. The predicted molar refractivity (Wildman–Crippen MR) is 106 cm³/mol. The van der Waals surface area contributed by atoms with E-state index in [-0.39, 0.29) is 5.56 Å². The third-order valence-electron chi connectivity index (χ3n) is 4.28. The average Bonchev–Trinajstić information content (AvgIpc) is 2.67. The molecule has 0 unspecified atom stereocenters. The van der Waals surface area contributed by atoms with Crippen molar-refractivity contribution in [2.75, 3.05) is 7.05 Å². The Hall–Kier alpha value is -2.86. The number of rotatable bonds is 8. The topological polar surface area (TPSA) is 74.8 Å². The Kier molecular flexibility index (Phi) is 6.44. The van der Waals surface area contributed by atoms with Crippen LogP contribution in [-0.2, 0) is 19.5 Å². The van der Waals surface area contributed by atoms with Crippen LogP contribution in [0.3, 0.4) is 0 Å². The average molecular weight is 363 g/mol. The molecule has 6 nitrogen and oxygen atoms in total. The number of H-pyrrole nitrogens is 1. The van der Waals surface area contributed by atoms with Gasteiger partial charge in [-0.15, -0.1) is 0 Å². The van der Waals surface area contributed by atoms with Crippen LogP contribution >= 0.6 is 0 Å². The van der Waals surface area contributed by atoms with Gasteiger partial charge in [0, 0.05) is 49.0 Å². The van der Waals surface area contributed by atoms with Crippen molar-refractivity contribution in [1.82, 2.24) is 24.8 Å². The first-order valence-corrected chi connectivity index (χ1v) is 9.27. The van der Waals surface area contributed by atoms with Gasteiger partial charge in [-0.3, -0.25) is 19.7 Å². The summed E-state index contributed by atoms with van der Waals surface area (Å²) in [5.74, 6) is 0.632. The molecule has 2 aromatic heterocycles. The lowest BCUT2D eigenvalue weighted by molar-refractivity contribution is 0.314. The quantitative estimate of drug-likeness (QED) is 0.665. The fraction of sp³-hybridized carbons (Fsp3) is 0.333. The highest BCUT2D eigenvalue weighted by Gasteiger charge is 2.07. The van der Waals surface area contributed by atoms with Gasteiger partial charge in [-0.2, -0.15) is 0 Å². The van der Waals surface area contributed by atoms with Gasteiger partial charge in [-0.25, -0.2) is 4.98 Å². The van der Waals surface area contributed by atoms with E-state index < -0.39 is 0 Å². The number of benzene rings is 1. The van der Waals surface area contributed by atoms with Gasteiger partial charge >= 0.3 is 0 Å². The van der Waals surface area contributed by atoms with E-state index >= 15 is 0 Å². The van der Waals surface area contributed by atoms with Crippen LogP contribution in [0.1, 0.15) is 36.7 Å². The zero-order valence-corrected chi connectivity index (χ0v) is 15.9. The minimum Gasteiger partial charge on any atom is -0.307 e. The third kappa shape index (κ3) is 5.56. The Morgan fingerprint density at radius 2 is 2.00 bits per heavy atom. The summed E-state index contributed by atoms with van der Waals surface area (Å²) in [5, 5.41) is 0. The maximum absolute atomic E-state index is 12.0. The van der Waals surface area contributed by atoms with Crippen molar-refractivity contribution in [3.8, 4) is 11.4 Å². The molecule has 0 fully saturated rings. The Morgan fingerprint density at radius 3 is 2.78 bits per heavy atom. The van der Waals surface area contributed by atoms with Crippen LogP contribution in [0.15, 0.2) is 53.7 Å². The summed E-state index contributed by atoms with van der Waals surface area (Å²) in [6.07, 6.45) is 8.10. The normalized spacial score (nSPS) is 11.1. The summed E-state index contributed by atoms with van der Waals surface area (Å²) in [6, 6.07) is 9.73. The Labute approximate surface area is 159 Å². The van der Waals surface area contributed by atoms with Crippen LogP contribution in [0.5, 0.6) is 0 Å². The molecule has 0 aliphatic heterocycles. The highest BCUT2D eigenvalue weighted by atomic mass is 16.1. The molecule has 0 amide bonds. The molecule has 3 rings (SSSR count). The van der Waals surface area contributed by atoms with Crippen molar-refractivity contribution in [1.29, 1.82) is 0 Å². The molecule has 0 atom stereocenters. The number of aryl methyl sites for hydroxylation is 1. The van der Waals surface area contributed by atoms with Crippen molar-refractivity contribution < 1.29 is 0 Å². The fourth-order valence-corrected chi connectivity index (χ4v) is 3.00. The van der Waals surface area contributed by atoms with Gasteiger partial charge in [0.1, 0.15) is 5.82 Å². The van der Waals surface area contributed by atoms with E-state index in [9.17, 15) is 4.79 Å². The molecule has 1 aromatic carbocycles. The predicted octanol–water partition coefficient (Wildman–Crippen LogP) is 3.20. The lowest BCUT2D eigenvalue weighted by atomic mass is 10.1. The lowest BCUT2D eigenvalue weighted by Crippen LogP contribution is -2.18. The standard InChI is InChI=1S/C21H25N5O/c1-3-4-8-18-12-20(27)25-21(24-18)17-7-5-6-16(11-17)14-26(2)15-19-13-22-9-10-23-19/h5-7,9-13H,3-4,8,14-15H2,1-2H3,(H,24,25,27). The molecule has 0 saturated carbocycles. The van der Waals surface area contributed by atoms with Crippen LogP contribution in [0.4, 0.5) is 0 Å². The van der Waals surface area contributed by atoms with E-state index in [1.165, 1.54) is 0 Å². The van der Waals surface area contributed by atoms with Gasteiger partial charge in [-0.1, -0.05) is 31.5 Å². The highest BCUT2D eigenvalue weighted by molar-refractivity contribution is 5.56. The number of nitrogens with zero attached hydrogens (tertiary/aromatic N) is 4. The second kappa shape index (κ2) is 9.19. The maximum Gasteiger partial charge on any atom is 0.251 e. The molecule has 3 aromatic rings. The van der Waals surface area contributed by atoms with Crippen molar-refractivity contribution in [2.24, 2.45) is 0 Å². The lowest BCUT2D eigenvalue weighted by Gasteiger charge is -2.16. The largest absolute Gasteiger partial charge is 0.307 e. The van der Waals surface area contributed by atoms with Gasteiger partial charge in [0.15, 0.2) is 0 Å². The second-order valence-corrected chi connectivity index (χ2v) is 6.76. The molecule has 6 heteroatoms. The summed E-state index contributed by atoms with van der Waals surface area (Å²) in [6.45, 7) is 3.62. The third-order valence-corrected chi connectivity index (χ3v) is 4.28. The molecule has 140 valence electrons. The van der Waals surface area contributed by atoms with Gasteiger partial charge < -0.3 is 4.98 Å². The summed E-state index contributed by atoms with van der Waals surface area (Å²) >= 11 is 0. The van der Waals surface area contributed by atoms with E-state index in [0.29, 0.717) is 5.82 Å². The number of hydrogen-bond acceptors (Lipinski definition) is 5. The van der Waals surface area contributed by atoms with E-state index in [4.69, 9.17) is 0 Å². The molecule has 1 N–H and O–H groups in total. The van der Waals surface area contributed by atoms with E-state index in [1.54, 1.807) is 24.7 Å². The van der Waals surface area contributed by atoms with Crippen LogP contribution < -0.4 is 5.56 Å². The minimum atomic E-state index is -0.101. The van der Waals surface area contributed by atoms with Gasteiger partial charge in [0.2, 0.25) is 0 Å². The number of aromatic amines is 1. The molecule has 0 bridgehead atoms. The Morgan fingerprint density at radius 1 is 1.11 bits per heavy atom. The van der Waals surface area contributed by atoms with E-state index in [2.05, 4.69) is 43.9 Å². The number of hydrogen-bond donors (Lipinski definition) is 1. The molecular weight excluding hydrogens is 338 g/mol. The van der Waals surface area contributed by atoms with Crippen molar-refractivity contribution in [3.63, 3.8) is 0 Å². The highest BCUT2D eigenvalue weighted by Crippen LogP contribution is 2.17. The molecule has 27 heavy (non-hydrogen) atoms. The monoisotopic (exact) mass is 363 g/mol. The molecule has 0 radical (unpaired) electrons. The van der Waals surface area contributed by atoms with Crippen molar-refractivity contribution in [2.45, 2.75) is 39.3 Å². The molecule has 2 heterocycles. The first-order chi connectivity index (χ1) is 13.1. The van der Waals surface area contributed by atoms with Crippen LogP contribution in [-0.4, -0.2) is 31.9 Å². The fourth-order valence-electron chi connectivity index (χ4n) is 3.00. The zero-order chi connectivity index (χ0) is 19.1. The SMILES string of the molecule is CCCCc1cc(=O)[nH]c(-c2cccc(CN(C)Cc3cnccn3)c2)n1. The van der Waals surface area contributed by atoms with Crippen LogP contribution in [0.25, 0.3) is 11.4 Å². The van der Waals surface area contributed by atoms with E-state index in [0.717, 1.165) is 54.9 Å². The summed E-state index contributed by atoms with van der Waals surface area (Å²) < 4.78 is 0. The number of unbranched alkanes of at least 4 members (excludes halogenated alkanes) is 1. The summed E-state index contributed by atoms with van der Waals surface area (Å²) in [5.41, 5.74) is 3.76.